The molecule has 0 rings (SSSR count). The molecule has 13 heavy (non-hydrogen) atoms. The zero-order valence-corrected chi connectivity index (χ0v) is 8.36. The summed E-state index contributed by atoms with van der Waals surface area (Å²) in [6.45, 7) is 4.63. The summed E-state index contributed by atoms with van der Waals surface area (Å²) in [5, 5.41) is 2.80. The van der Waals surface area contributed by atoms with Crippen molar-refractivity contribution in [2.45, 2.75) is 52.4 Å². The molecule has 1 N–H and O–H groups in total. The van der Waals surface area contributed by atoms with Crippen LogP contribution in [0.3, 0.4) is 0 Å². The zero-order chi connectivity index (χ0) is 9.23. The fourth-order valence-electron chi connectivity index (χ4n) is 1.17. The molecule has 74 valence electrons. The number of carbonyl (C=O) groups is 1. The third-order valence-electron chi connectivity index (χ3n) is 1.90. The second-order valence-corrected chi connectivity index (χ2v) is 3.25. The summed E-state index contributed by atoms with van der Waals surface area (Å²) in [4.78, 5) is 10.5. The molecule has 0 bridgehead atoms. The molecule has 0 aliphatic heterocycles. The van der Waals surface area contributed by atoms with Gasteiger partial charge in [-0.25, -0.2) is 0 Å². The van der Waals surface area contributed by atoms with Gasteiger partial charge in [0.25, 0.3) is 0 Å². The Morgan fingerprint density at radius 2 is 1.62 bits per heavy atom. The predicted molar refractivity (Wildman–Crippen MR) is 59.2 cm³/mol. The topological polar surface area (TPSA) is 29.1 Å². The molecule has 0 aromatic rings. The van der Waals surface area contributed by atoms with E-state index in [-0.39, 0.29) is 35.5 Å². The Morgan fingerprint density at radius 1 is 1.08 bits per heavy atom. The number of rotatable bonds is 7. The van der Waals surface area contributed by atoms with Crippen LogP contribution in [-0.2, 0) is 4.79 Å². The van der Waals surface area contributed by atoms with Crippen molar-refractivity contribution in [3.63, 3.8) is 0 Å². The SMILES string of the molecule is CCCCCCCCNC(C)=O.[NaH]. The molecular weight excluding hydrogens is 173 g/mol. The molecule has 0 aromatic carbocycles. The molecule has 0 atom stereocenters. The Hall–Kier alpha value is 0.470. The summed E-state index contributed by atoms with van der Waals surface area (Å²) in [6.07, 6.45) is 7.68. The second kappa shape index (κ2) is 12.5. The van der Waals surface area contributed by atoms with Gasteiger partial charge in [0.1, 0.15) is 0 Å². The quantitative estimate of drug-likeness (QED) is 0.487. The molecule has 0 spiro atoms. The zero-order valence-electron chi connectivity index (χ0n) is 8.36. The maximum atomic E-state index is 10.5. The van der Waals surface area contributed by atoms with E-state index >= 15 is 0 Å². The number of carbonyl (C=O) groups excluding carboxylic acids is 1. The van der Waals surface area contributed by atoms with E-state index in [1.165, 1.54) is 32.1 Å². The molecule has 3 heteroatoms. The number of unbranched alkanes of at least 4 members (excludes halogenated alkanes) is 5. The normalized spacial score (nSPS) is 9.08. The molecule has 2 nitrogen and oxygen atoms in total. The fraction of sp³-hybridized carbons (Fsp3) is 0.900. The average Bonchev–Trinajstić information content (AvgIpc) is 2.02. The number of nitrogens with one attached hydrogen (secondary N) is 1. The van der Waals surface area contributed by atoms with Gasteiger partial charge in [-0.15, -0.1) is 0 Å². The summed E-state index contributed by atoms with van der Waals surface area (Å²) < 4.78 is 0. The molecule has 0 heterocycles. The average molecular weight is 195 g/mol. The number of hydrogen-bond acceptors (Lipinski definition) is 1. The first-order valence-corrected chi connectivity index (χ1v) is 5.01. The van der Waals surface area contributed by atoms with Gasteiger partial charge >= 0.3 is 29.6 Å². The van der Waals surface area contributed by atoms with Gasteiger partial charge in [0, 0.05) is 13.5 Å². The number of hydrogen-bond donors (Lipinski definition) is 1. The molecule has 0 saturated carbocycles. The van der Waals surface area contributed by atoms with E-state index in [1.54, 1.807) is 6.92 Å². The van der Waals surface area contributed by atoms with Crippen LogP contribution in [0.25, 0.3) is 0 Å². The van der Waals surface area contributed by atoms with Gasteiger partial charge < -0.3 is 5.32 Å². The summed E-state index contributed by atoms with van der Waals surface area (Å²) in [5.74, 6) is 0.0866. The van der Waals surface area contributed by atoms with E-state index in [0.29, 0.717) is 0 Å². The Labute approximate surface area is 104 Å². The molecule has 0 aliphatic rings. The first kappa shape index (κ1) is 15.9. The molecule has 0 aromatic heterocycles. The van der Waals surface area contributed by atoms with Crippen LogP contribution in [0.1, 0.15) is 52.4 Å². The van der Waals surface area contributed by atoms with Crippen LogP contribution >= 0.6 is 0 Å². The van der Waals surface area contributed by atoms with Crippen molar-refractivity contribution in [1.82, 2.24) is 5.32 Å². The van der Waals surface area contributed by atoms with Crippen molar-refractivity contribution in [3.05, 3.63) is 0 Å². The van der Waals surface area contributed by atoms with Gasteiger partial charge in [-0.2, -0.15) is 0 Å². The summed E-state index contributed by atoms with van der Waals surface area (Å²) >= 11 is 0. The van der Waals surface area contributed by atoms with Crippen molar-refractivity contribution >= 4 is 35.5 Å². The van der Waals surface area contributed by atoms with E-state index in [1.807, 2.05) is 0 Å². The third-order valence-corrected chi connectivity index (χ3v) is 1.90. The van der Waals surface area contributed by atoms with Gasteiger partial charge in [0.05, 0.1) is 0 Å². The Kier molecular flexibility index (Phi) is 15.3. The first-order chi connectivity index (χ1) is 5.77. The molecule has 1 amide bonds. The Balaban J connectivity index is 0. The minimum absolute atomic E-state index is 0. The van der Waals surface area contributed by atoms with Crippen LogP contribution in [0, 0.1) is 0 Å². The van der Waals surface area contributed by atoms with E-state index in [9.17, 15) is 4.79 Å². The van der Waals surface area contributed by atoms with Gasteiger partial charge in [-0.3, -0.25) is 4.79 Å². The van der Waals surface area contributed by atoms with Gasteiger partial charge in [-0.1, -0.05) is 39.0 Å². The number of amides is 1. The fourth-order valence-corrected chi connectivity index (χ4v) is 1.17. The molecular formula is C10H22NNaO. The van der Waals surface area contributed by atoms with Crippen LogP contribution in [0.2, 0.25) is 0 Å². The van der Waals surface area contributed by atoms with Crippen molar-refractivity contribution in [2.75, 3.05) is 6.54 Å². The second-order valence-electron chi connectivity index (χ2n) is 3.25. The van der Waals surface area contributed by atoms with E-state index in [0.717, 1.165) is 13.0 Å². The van der Waals surface area contributed by atoms with Crippen LogP contribution in [0.4, 0.5) is 0 Å². The van der Waals surface area contributed by atoms with Crippen molar-refractivity contribution in [1.29, 1.82) is 0 Å². The van der Waals surface area contributed by atoms with Crippen molar-refractivity contribution in [2.24, 2.45) is 0 Å². The van der Waals surface area contributed by atoms with Crippen LogP contribution in [-0.4, -0.2) is 42.0 Å². The standard InChI is InChI=1S/C10H21NO.Na.H/c1-3-4-5-6-7-8-9-11-10(2)12;;/h3-9H2,1-2H3,(H,11,12);;. The monoisotopic (exact) mass is 195 g/mol. The molecule has 0 saturated heterocycles. The van der Waals surface area contributed by atoms with Gasteiger partial charge in [-0.05, 0) is 6.42 Å². The molecule has 0 aliphatic carbocycles. The van der Waals surface area contributed by atoms with E-state index in [4.69, 9.17) is 0 Å². The van der Waals surface area contributed by atoms with Crippen LogP contribution < -0.4 is 5.32 Å². The first-order valence-electron chi connectivity index (χ1n) is 5.01. The van der Waals surface area contributed by atoms with Crippen LogP contribution in [0.5, 0.6) is 0 Å². The van der Waals surface area contributed by atoms with E-state index < -0.39 is 0 Å². The van der Waals surface area contributed by atoms with Crippen molar-refractivity contribution in [3.8, 4) is 0 Å². The maximum absolute atomic E-state index is 10.5. The van der Waals surface area contributed by atoms with Crippen LogP contribution in [0.15, 0.2) is 0 Å². The predicted octanol–water partition coefficient (Wildman–Crippen LogP) is 1.83. The Morgan fingerprint density at radius 3 is 2.15 bits per heavy atom. The summed E-state index contributed by atoms with van der Waals surface area (Å²) in [5.41, 5.74) is 0. The molecule has 0 unspecified atom stereocenters. The summed E-state index contributed by atoms with van der Waals surface area (Å²) in [6, 6.07) is 0. The van der Waals surface area contributed by atoms with Crippen molar-refractivity contribution < 1.29 is 4.79 Å². The van der Waals surface area contributed by atoms with Gasteiger partial charge in [0.2, 0.25) is 5.91 Å². The molecule has 0 fully saturated rings. The minimum atomic E-state index is 0. The molecule has 0 radical (unpaired) electrons. The third kappa shape index (κ3) is 15.2. The van der Waals surface area contributed by atoms with Gasteiger partial charge in [0.15, 0.2) is 0 Å². The Bertz CT molecular complexity index is 117. The summed E-state index contributed by atoms with van der Waals surface area (Å²) in [7, 11) is 0. The van der Waals surface area contributed by atoms with E-state index in [2.05, 4.69) is 12.2 Å².